The van der Waals surface area contributed by atoms with Crippen molar-refractivity contribution in [2.24, 2.45) is 5.92 Å². The van der Waals surface area contributed by atoms with Crippen LogP contribution in [0, 0.1) is 5.92 Å². The number of aliphatic carboxylic acids is 1. The zero-order chi connectivity index (χ0) is 12.8. The molecule has 0 aliphatic carbocycles. The normalized spacial score (nSPS) is 23.9. The molecule has 0 bridgehead atoms. The van der Waals surface area contributed by atoms with Crippen molar-refractivity contribution in [2.75, 3.05) is 33.3 Å². The van der Waals surface area contributed by atoms with E-state index in [4.69, 9.17) is 9.84 Å². The van der Waals surface area contributed by atoms with Crippen molar-refractivity contribution in [1.82, 2.24) is 10.2 Å². The highest BCUT2D eigenvalue weighted by atomic mass is 16.5. The molecule has 1 aliphatic heterocycles. The molecule has 0 saturated carbocycles. The molecule has 100 valence electrons. The Balaban J connectivity index is 2.32. The van der Waals surface area contributed by atoms with Crippen LogP contribution in [0.4, 0.5) is 0 Å². The summed E-state index contributed by atoms with van der Waals surface area (Å²) < 4.78 is 5.59. The van der Waals surface area contributed by atoms with E-state index in [-0.39, 0.29) is 6.10 Å². The summed E-state index contributed by atoms with van der Waals surface area (Å²) in [5, 5.41) is 12.2. The molecule has 0 amide bonds. The van der Waals surface area contributed by atoms with Crippen molar-refractivity contribution >= 4 is 5.97 Å². The third kappa shape index (κ3) is 5.48. The second-order valence-electron chi connectivity index (χ2n) is 5.18. The molecule has 17 heavy (non-hydrogen) atoms. The first-order valence-corrected chi connectivity index (χ1v) is 6.25. The molecule has 2 atom stereocenters. The number of carbonyl (C=O) groups is 1. The van der Waals surface area contributed by atoms with E-state index in [0.717, 1.165) is 19.7 Å². The molecule has 0 aromatic heterocycles. The van der Waals surface area contributed by atoms with Crippen molar-refractivity contribution < 1.29 is 14.6 Å². The molecular formula is C12H24N2O3. The Labute approximate surface area is 103 Å². The highest BCUT2D eigenvalue weighted by Crippen LogP contribution is 2.07. The Kier molecular flexibility index (Phi) is 5.88. The number of nitrogens with zero attached hydrogens (tertiary/aromatic N) is 1. The minimum Gasteiger partial charge on any atom is -0.480 e. The standard InChI is InChI=1S/C12H24N2O3/c1-9(2)6-11(12(15)16)13-7-10-8-14(3)4-5-17-10/h9-11,13H,4-8H2,1-3H3,(H,15,16). The van der Waals surface area contributed by atoms with Crippen molar-refractivity contribution in [2.45, 2.75) is 32.4 Å². The molecule has 2 N–H and O–H groups in total. The SMILES string of the molecule is CC(C)CC(NCC1CN(C)CCO1)C(=O)O. The van der Waals surface area contributed by atoms with Gasteiger partial charge in [0.25, 0.3) is 0 Å². The van der Waals surface area contributed by atoms with E-state index in [1.165, 1.54) is 0 Å². The Hall–Kier alpha value is -0.650. The number of nitrogens with one attached hydrogen (secondary N) is 1. The highest BCUT2D eigenvalue weighted by molar-refractivity contribution is 5.73. The number of carboxylic acid groups (broad SMARTS) is 1. The topological polar surface area (TPSA) is 61.8 Å². The summed E-state index contributed by atoms with van der Waals surface area (Å²) in [5.41, 5.74) is 0. The van der Waals surface area contributed by atoms with Crippen LogP contribution in [0.3, 0.4) is 0 Å². The average molecular weight is 244 g/mol. The first-order chi connectivity index (χ1) is 7.99. The van der Waals surface area contributed by atoms with Crippen molar-refractivity contribution in [1.29, 1.82) is 0 Å². The molecule has 2 unspecified atom stereocenters. The minimum atomic E-state index is -0.775. The molecular weight excluding hydrogens is 220 g/mol. The third-order valence-corrected chi connectivity index (χ3v) is 2.94. The van der Waals surface area contributed by atoms with Gasteiger partial charge in [-0.25, -0.2) is 0 Å². The summed E-state index contributed by atoms with van der Waals surface area (Å²) in [6.45, 7) is 7.20. The number of morpholine rings is 1. The number of carboxylic acids is 1. The number of hydrogen-bond acceptors (Lipinski definition) is 4. The number of rotatable bonds is 6. The molecule has 1 rings (SSSR count). The fourth-order valence-corrected chi connectivity index (χ4v) is 2.01. The van der Waals surface area contributed by atoms with Gasteiger partial charge in [0.15, 0.2) is 0 Å². The van der Waals surface area contributed by atoms with Crippen molar-refractivity contribution in [3.8, 4) is 0 Å². The maximum atomic E-state index is 11.1. The van der Waals surface area contributed by atoms with E-state index in [2.05, 4.69) is 17.3 Å². The highest BCUT2D eigenvalue weighted by Gasteiger charge is 2.22. The lowest BCUT2D eigenvalue weighted by Crippen LogP contribution is -2.48. The Morgan fingerprint density at radius 1 is 1.59 bits per heavy atom. The molecule has 0 radical (unpaired) electrons. The van der Waals surface area contributed by atoms with Gasteiger partial charge in [-0.2, -0.15) is 0 Å². The molecule has 1 fully saturated rings. The van der Waals surface area contributed by atoms with Crippen LogP contribution in [0.1, 0.15) is 20.3 Å². The van der Waals surface area contributed by atoms with Crippen LogP contribution in [0.2, 0.25) is 0 Å². The lowest BCUT2D eigenvalue weighted by molar-refractivity contribution is -0.140. The molecule has 1 saturated heterocycles. The molecule has 0 spiro atoms. The van der Waals surface area contributed by atoms with Crippen LogP contribution in [0.15, 0.2) is 0 Å². The Morgan fingerprint density at radius 2 is 2.29 bits per heavy atom. The zero-order valence-corrected chi connectivity index (χ0v) is 11.0. The summed E-state index contributed by atoms with van der Waals surface area (Å²) in [6.07, 6.45) is 0.750. The van der Waals surface area contributed by atoms with E-state index < -0.39 is 12.0 Å². The first kappa shape index (κ1) is 14.4. The summed E-state index contributed by atoms with van der Waals surface area (Å²) in [6, 6.07) is -0.467. The lowest BCUT2D eigenvalue weighted by Gasteiger charge is -2.31. The Morgan fingerprint density at radius 3 is 2.82 bits per heavy atom. The fourth-order valence-electron chi connectivity index (χ4n) is 2.01. The smallest absolute Gasteiger partial charge is 0.320 e. The summed E-state index contributed by atoms with van der Waals surface area (Å²) >= 11 is 0. The van der Waals surface area contributed by atoms with Gasteiger partial charge in [0, 0.05) is 19.6 Å². The Bertz CT molecular complexity index is 246. The van der Waals surface area contributed by atoms with Gasteiger partial charge < -0.3 is 20.1 Å². The van der Waals surface area contributed by atoms with Gasteiger partial charge >= 0.3 is 5.97 Å². The number of hydrogen-bond donors (Lipinski definition) is 2. The molecule has 0 aromatic rings. The van der Waals surface area contributed by atoms with Crippen LogP contribution in [0.5, 0.6) is 0 Å². The predicted octanol–water partition coefficient (Wildman–Crippen LogP) is 0.406. The van der Waals surface area contributed by atoms with Crippen molar-refractivity contribution in [3.63, 3.8) is 0 Å². The van der Waals surface area contributed by atoms with Crippen LogP contribution >= 0.6 is 0 Å². The molecule has 1 aliphatic rings. The van der Waals surface area contributed by atoms with Gasteiger partial charge in [-0.05, 0) is 19.4 Å². The monoisotopic (exact) mass is 244 g/mol. The summed E-state index contributed by atoms with van der Waals surface area (Å²) in [4.78, 5) is 13.3. The van der Waals surface area contributed by atoms with Gasteiger partial charge in [0.05, 0.1) is 12.7 Å². The van der Waals surface area contributed by atoms with Crippen LogP contribution in [-0.2, 0) is 9.53 Å². The predicted molar refractivity (Wildman–Crippen MR) is 66.1 cm³/mol. The molecule has 0 aromatic carbocycles. The van der Waals surface area contributed by atoms with Crippen LogP contribution < -0.4 is 5.32 Å². The number of ether oxygens (including phenoxy) is 1. The fraction of sp³-hybridized carbons (Fsp3) is 0.917. The maximum Gasteiger partial charge on any atom is 0.320 e. The van der Waals surface area contributed by atoms with E-state index in [0.29, 0.717) is 18.9 Å². The van der Waals surface area contributed by atoms with E-state index in [1.807, 2.05) is 13.8 Å². The second kappa shape index (κ2) is 6.93. The minimum absolute atomic E-state index is 0.0998. The average Bonchev–Trinajstić information content (AvgIpc) is 2.23. The van der Waals surface area contributed by atoms with Gasteiger partial charge in [-0.1, -0.05) is 13.8 Å². The summed E-state index contributed by atoms with van der Waals surface area (Å²) in [7, 11) is 2.05. The van der Waals surface area contributed by atoms with Crippen LogP contribution in [-0.4, -0.2) is 61.4 Å². The second-order valence-corrected chi connectivity index (χ2v) is 5.18. The molecule has 5 heteroatoms. The molecule has 1 heterocycles. The number of likely N-dealkylation sites (N-methyl/N-ethyl adjacent to an activating group) is 1. The van der Waals surface area contributed by atoms with Gasteiger partial charge in [-0.3, -0.25) is 4.79 Å². The van der Waals surface area contributed by atoms with E-state index in [1.54, 1.807) is 0 Å². The van der Waals surface area contributed by atoms with Gasteiger partial charge in [0.1, 0.15) is 6.04 Å². The summed E-state index contributed by atoms with van der Waals surface area (Å²) in [5.74, 6) is -0.401. The van der Waals surface area contributed by atoms with E-state index >= 15 is 0 Å². The zero-order valence-electron chi connectivity index (χ0n) is 11.0. The quantitative estimate of drug-likeness (QED) is 0.708. The van der Waals surface area contributed by atoms with E-state index in [9.17, 15) is 4.79 Å². The largest absolute Gasteiger partial charge is 0.480 e. The maximum absolute atomic E-state index is 11.1. The lowest BCUT2D eigenvalue weighted by atomic mass is 10.0. The first-order valence-electron chi connectivity index (χ1n) is 6.25. The third-order valence-electron chi connectivity index (χ3n) is 2.94. The van der Waals surface area contributed by atoms with Gasteiger partial charge in [0.2, 0.25) is 0 Å². The van der Waals surface area contributed by atoms with Crippen molar-refractivity contribution in [3.05, 3.63) is 0 Å². The van der Waals surface area contributed by atoms with Gasteiger partial charge in [-0.15, -0.1) is 0 Å². The van der Waals surface area contributed by atoms with Crippen LogP contribution in [0.25, 0.3) is 0 Å². The molecule has 5 nitrogen and oxygen atoms in total.